The summed E-state index contributed by atoms with van der Waals surface area (Å²) in [6.45, 7) is 5.67. The zero-order chi connectivity index (χ0) is 58.9. The highest BCUT2D eigenvalue weighted by molar-refractivity contribution is 5.74. The van der Waals surface area contributed by atoms with Gasteiger partial charge in [-0.3, -0.25) is 14.4 Å². The molecule has 6 atom stereocenters. The van der Waals surface area contributed by atoms with E-state index in [-0.39, 0.29) is 25.9 Å². The van der Waals surface area contributed by atoms with E-state index in [1.54, 1.807) is 0 Å². The third-order valence-corrected chi connectivity index (χ3v) is 13.2. The van der Waals surface area contributed by atoms with Gasteiger partial charge < -0.3 is 39.0 Å². The standard InChI is InChI=1S/C69H108O12/c1-4-7-10-13-16-19-22-25-27-29-31-33-35-38-40-43-46-49-52-55-61(70)77-58-60(79-62(71)56-53-50-47-44-41-37-24-21-18-15-12-9-6-3)59-78-69-67(65(74)64(73)66(81-69)68(75)76)80-63(72)57-54-51-48-45-42-39-36-34-32-30-28-26-23-20-17-14-11-8-5-2/h7,9-10,12,16-21,25-28,31-34,37-38,40-41,60,64-67,69,73-74H,4-6,8,11,13-15,22-24,29-30,35-36,39,42-59H2,1-3H3,(H,75,76)/b10-7-,12-9-,19-16-,20-17-,21-18-,27-25-,28-26-,33-31-,34-32-,40-38-,41-37-. The summed E-state index contributed by atoms with van der Waals surface area (Å²) in [5, 5.41) is 31.6. The van der Waals surface area contributed by atoms with Crippen molar-refractivity contribution in [1.29, 1.82) is 0 Å². The maximum Gasteiger partial charge on any atom is 0.335 e. The van der Waals surface area contributed by atoms with Crippen molar-refractivity contribution in [3.63, 3.8) is 0 Å². The van der Waals surface area contributed by atoms with Crippen molar-refractivity contribution >= 4 is 23.9 Å². The van der Waals surface area contributed by atoms with E-state index in [9.17, 15) is 34.5 Å². The molecule has 0 aromatic rings. The van der Waals surface area contributed by atoms with E-state index < -0.39 is 67.3 Å². The van der Waals surface area contributed by atoms with Gasteiger partial charge in [-0.05, 0) is 135 Å². The first-order valence-electron chi connectivity index (χ1n) is 31.2. The molecule has 3 N–H and O–H groups in total. The van der Waals surface area contributed by atoms with E-state index in [1.165, 1.54) is 19.3 Å². The Kier molecular flexibility index (Phi) is 50.5. The third-order valence-electron chi connectivity index (χ3n) is 13.2. The molecule has 0 aromatic heterocycles. The van der Waals surface area contributed by atoms with Gasteiger partial charge in [-0.1, -0.05) is 206 Å². The van der Waals surface area contributed by atoms with Gasteiger partial charge >= 0.3 is 23.9 Å². The Morgan fingerprint density at radius 1 is 0.420 bits per heavy atom. The molecule has 0 aliphatic carbocycles. The lowest BCUT2D eigenvalue weighted by atomic mass is 9.98. The molecular formula is C69H108O12. The number of esters is 3. The average molecular weight is 1130 g/mol. The molecule has 1 aliphatic rings. The van der Waals surface area contributed by atoms with Gasteiger partial charge in [0.1, 0.15) is 18.8 Å². The van der Waals surface area contributed by atoms with Gasteiger partial charge in [-0.15, -0.1) is 0 Å². The van der Waals surface area contributed by atoms with E-state index in [0.29, 0.717) is 19.3 Å². The maximum absolute atomic E-state index is 13.1. The molecule has 0 radical (unpaired) electrons. The van der Waals surface area contributed by atoms with Crippen molar-refractivity contribution in [1.82, 2.24) is 0 Å². The number of allylic oxidation sites excluding steroid dienone is 22. The quantitative estimate of drug-likeness (QED) is 0.0228. The molecule has 0 saturated carbocycles. The SMILES string of the molecule is CC/C=C\C/C=C\C/C=C\C/C=C\C/C=C\CCCCCC(=O)OCC(COC1OC(C(=O)O)C(O)C(O)C1OC(=O)CCCCCCCC/C=C\C/C=C\C/C=C\CCCCC)OC(=O)CCCCC/C=C\C/C=C\C/C=C\CC. The van der Waals surface area contributed by atoms with Gasteiger partial charge in [-0.25, -0.2) is 4.79 Å². The van der Waals surface area contributed by atoms with Crippen LogP contribution in [0.15, 0.2) is 134 Å². The minimum Gasteiger partial charge on any atom is -0.479 e. The number of rotatable bonds is 51. The number of aliphatic hydroxyl groups excluding tert-OH is 2. The summed E-state index contributed by atoms with van der Waals surface area (Å²) in [6.07, 6.45) is 65.5. The molecule has 1 saturated heterocycles. The molecule has 456 valence electrons. The number of unbranched alkanes of at least 4 members (excludes halogenated alkanes) is 15. The number of hydrogen-bond donors (Lipinski definition) is 3. The molecule has 1 rings (SSSR count). The van der Waals surface area contributed by atoms with Crippen LogP contribution >= 0.6 is 0 Å². The summed E-state index contributed by atoms with van der Waals surface area (Å²) in [5.41, 5.74) is 0. The molecule has 6 unspecified atom stereocenters. The second-order valence-corrected chi connectivity index (χ2v) is 20.6. The Bertz CT molecular complexity index is 1920. The molecule has 1 aliphatic heterocycles. The Labute approximate surface area is 490 Å². The molecular weight excluding hydrogens is 1020 g/mol. The normalized spacial score (nSPS) is 18.7. The number of aliphatic carboxylic acids is 1. The fourth-order valence-electron chi connectivity index (χ4n) is 8.47. The van der Waals surface area contributed by atoms with Crippen molar-refractivity contribution < 1.29 is 58.2 Å². The highest BCUT2D eigenvalue weighted by Crippen LogP contribution is 2.26. The summed E-state index contributed by atoms with van der Waals surface area (Å²) in [6, 6.07) is 0. The second kappa shape index (κ2) is 55.4. The summed E-state index contributed by atoms with van der Waals surface area (Å²) >= 11 is 0. The lowest BCUT2D eigenvalue weighted by molar-refractivity contribution is -0.301. The minimum atomic E-state index is -1.93. The van der Waals surface area contributed by atoms with Crippen LogP contribution in [0.3, 0.4) is 0 Å². The molecule has 12 nitrogen and oxygen atoms in total. The van der Waals surface area contributed by atoms with E-state index in [4.69, 9.17) is 23.7 Å². The van der Waals surface area contributed by atoms with Gasteiger partial charge in [0.15, 0.2) is 24.6 Å². The van der Waals surface area contributed by atoms with Gasteiger partial charge in [0, 0.05) is 19.3 Å². The maximum atomic E-state index is 13.1. The number of carboxylic acids is 1. The van der Waals surface area contributed by atoms with Gasteiger partial charge in [0.05, 0.1) is 6.61 Å². The largest absolute Gasteiger partial charge is 0.479 e. The van der Waals surface area contributed by atoms with Crippen LogP contribution in [0.25, 0.3) is 0 Å². The van der Waals surface area contributed by atoms with Crippen LogP contribution in [0, 0.1) is 0 Å². The predicted octanol–water partition coefficient (Wildman–Crippen LogP) is 16.6. The smallest absolute Gasteiger partial charge is 0.335 e. The van der Waals surface area contributed by atoms with Crippen molar-refractivity contribution in [2.75, 3.05) is 13.2 Å². The summed E-state index contributed by atoms with van der Waals surface area (Å²) in [4.78, 5) is 51.2. The monoisotopic (exact) mass is 1130 g/mol. The van der Waals surface area contributed by atoms with Crippen LogP contribution < -0.4 is 0 Å². The van der Waals surface area contributed by atoms with Crippen LogP contribution in [-0.2, 0) is 42.9 Å². The summed E-state index contributed by atoms with van der Waals surface area (Å²) in [5.74, 6) is -3.24. The van der Waals surface area contributed by atoms with Crippen molar-refractivity contribution in [2.24, 2.45) is 0 Å². The highest BCUT2D eigenvalue weighted by Gasteiger charge is 2.50. The van der Waals surface area contributed by atoms with Gasteiger partial charge in [-0.2, -0.15) is 0 Å². The molecule has 0 aromatic carbocycles. The van der Waals surface area contributed by atoms with E-state index in [0.717, 1.165) is 148 Å². The topological polar surface area (TPSA) is 175 Å². The van der Waals surface area contributed by atoms with E-state index in [1.807, 2.05) is 0 Å². The van der Waals surface area contributed by atoms with Crippen LogP contribution in [0.2, 0.25) is 0 Å². The second-order valence-electron chi connectivity index (χ2n) is 20.6. The lowest BCUT2D eigenvalue weighted by Gasteiger charge is -2.40. The van der Waals surface area contributed by atoms with Crippen LogP contribution in [0.5, 0.6) is 0 Å². The van der Waals surface area contributed by atoms with Crippen LogP contribution in [0.4, 0.5) is 0 Å². The fourth-order valence-corrected chi connectivity index (χ4v) is 8.47. The van der Waals surface area contributed by atoms with Gasteiger partial charge in [0.2, 0.25) is 0 Å². The number of aliphatic hydroxyl groups is 2. The first kappa shape index (κ1) is 73.9. The average Bonchev–Trinajstić information content (AvgIpc) is 3.45. The zero-order valence-corrected chi connectivity index (χ0v) is 50.2. The molecule has 12 heteroatoms. The van der Waals surface area contributed by atoms with Crippen LogP contribution in [0.1, 0.15) is 226 Å². The summed E-state index contributed by atoms with van der Waals surface area (Å²) in [7, 11) is 0. The molecule has 0 spiro atoms. The number of carboxylic acid groups (broad SMARTS) is 1. The first-order chi connectivity index (χ1) is 39.6. The Morgan fingerprint density at radius 3 is 1.20 bits per heavy atom. The van der Waals surface area contributed by atoms with Crippen molar-refractivity contribution in [3.05, 3.63) is 134 Å². The van der Waals surface area contributed by atoms with Gasteiger partial charge in [0.25, 0.3) is 0 Å². The molecule has 1 fully saturated rings. The van der Waals surface area contributed by atoms with E-state index in [2.05, 4.69) is 154 Å². The van der Waals surface area contributed by atoms with Crippen molar-refractivity contribution in [3.8, 4) is 0 Å². The number of carbonyl (C=O) groups excluding carboxylic acids is 3. The molecule has 81 heavy (non-hydrogen) atoms. The van der Waals surface area contributed by atoms with Crippen LogP contribution in [-0.4, -0.2) is 89.2 Å². The number of carbonyl (C=O) groups is 4. The van der Waals surface area contributed by atoms with Crippen molar-refractivity contribution in [2.45, 2.75) is 263 Å². The highest BCUT2D eigenvalue weighted by atomic mass is 16.7. The first-order valence-corrected chi connectivity index (χ1v) is 31.2. The van der Waals surface area contributed by atoms with E-state index >= 15 is 0 Å². The number of ether oxygens (including phenoxy) is 5. The Hall–Kier alpha value is -5.14. The predicted molar refractivity (Wildman–Crippen MR) is 330 cm³/mol. The Morgan fingerprint density at radius 2 is 0.778 bits per heavy atom. The number of hydrogen-bond acceptors (Lipinski definition) is 11. The molecule has 0 bridgehead atoms. The minimum absolute atomic E-state index is 0.0314. The molecule has 1 heterocycles. The molecule has 0 amide bonds. The lowest BCUT2D eigenvalue weighted by Crippen LogP contribution is -2.61. The summed E-state index contributed by atoms with van der Waals surface area (Å²) < 4.78 is 28.4. The zero-order valence-electron chi connectivity index (χ0n) is 50.2. The fraction of sp³-hybridized carbons (Fsp3) is 0.623. The third kappa shape index (κ3) is 45.1. The Balaban J connectivity index is 2.71.